The summed E-state index contributed by atoms with van der Waals surface area (Å²) in [5.41, 5.74) is 7.27. The van der Waals surface area contributed by atoms with Crippen LogP contribution < -0.4 is 10.5 Å². The van der Waals surface area contributed by atoms with Crippen molar-refractivity contribution in [1.82, 2.24) is 0 Å². The highest BCUT2D eigenvalue weighted by atomic mass is 16.5. The van der Waals surface area contributed by atoms with Crippen LogP contribution in [0.25, 0.3) is 0 Å². The molecule has 1 aliphatic rings. The third kappa shape index (κ3) is 3.22. The highest BCUT2D eigenvalue weighted by Crippen LogP contribution is 2.26. The summed E-state index contributed by atoms with van der Waals surface area (Å²) < 4.78 is 5.93. The fraction of sp³-hybridized carbons (Fsp3) is 0.600. The molecule has 0 heterocycles. The standard InChI is InChI=1S/C15H23NO/c1-3-11(2)12-4-7-14(8-5-12)17-15-9-6-13(16)10-15/h4-5,7-8,11,13,15H,3,6,9-10,16H2,1-2H3. The lowest BCUT2D eigenvalue weighted by molar-refractivity contribution is 0.208. The van der Waals surface area contributed by atoms with Crippen molar-refractivity contribution in [2.24, 2.45) is 5.73 Å². The first-order valence-corrected chi connectivity index (χ1v) is 6.71. The number of hydrogen-bond donors (Lipinski definition) is 1. The third-order valence-corrected chi connectivity index (χ3v) is 3.79. The average molecular weight is 233 g/mol. The first kappa shape index (κ1) is 12.4. The molecule has 3 unspecified atom stereocenters. The molecule has 1 aliphatic carbocycles. The smallest absolute Gasteiger partial charge is 0.119 e. The van der Waals surface area contributed by atoms with Crippen LogP contribution in [-0.4, -0.2) is 12.1 Å². The summed E-state index contributed by atoms with van der Waals surface area (Å²) in [6.07, 6.45) is 4.67. The van der Waals surface area contributed by atoms with Gasteiger partial charge in [-0.25, -0.2) is 0 Å². The van der Waals surface area contributed by atoms with Crippen LogP contribution in [0, 0.1) is 0 Å². The van der Waals surface area contributed by atoms with Crippen LogP contribution in [0.5, 0.6) is 5.75 Å². The molecular formula is C15H23NO. The number of hydrogen-bond acceptors (Lipinski definition) is 2. The molecule has 0 aromatic heterocycles. The minimum atomic E-state index is 0.319. The van der Waals surface area contributed by atoms with Gasteiger partial charge in [-0.3, -0.25) is 0 Å². The summed E-state index contributed by atoms with van der Waals surface area (Å²) in [4.78, 5) is 0. The van der Waals surface area contributed by atoms with Gasteiger partial charge in [-0.15, -0.1) is 0 Å². The summed E-state index contributed by atoms with van der Waals surface area (Å²) in [5.74, 6) is 1.61. The largest absolute Gasteiger partial charge is 0.490 e. The fourth-order valence-electron chi connectivity index (χ4n) is 2.38. The number of benzene rings is 1. The minimum Gasteiger partial charge on any atom is -0.490 e. The Morgan fingerprint density at radius 1 is 1.29 bits per heavy atom. The molecule has 0 radical (unpaired) electrons. The fourth-order valence-corrected chi connectivity index (χ4v) is 2.38. The second-order valence-electron chi connectivity index (χ2n) is 5.19. The van der Waals surface area contributed by atoms with E-state index in [4.69, 9.17) is 10.5 Å². The van der Waals surface area contributed by atoms with Crippen molar-refractivity contribution in [1.29, 1.82) is 0 Å². The zero-order valence-electron chi connectivity index (χ0n) is 10.9. The van der Waals surface area contributed by atoms with Gasteiger partial charge < -0.3 is 10.5 Å². The van der Waals surface area contributed by atoms with Gasteiger partial charge in [0.2, 0.25) is 0 Å². The molecule has 0 bridgehead atoms. The molecule has 0 saturated heterocycles. The van der Waals surface area contributed by atoms with E-state index in [2.05, 4.69) is 38.1 Å². The van der Waals surface area contributed by atoms with Crippen molar-refractivity contribution in [2.45, 2.75) is 57.6 Å². The maximum absolute atomic E-state index is 5.93. The Morgan fingerprint density at radius 3 is 2.53 bits per heavy atom. The van der Waals surface area contributed by atoms with E-state index < -0.39 is 0 Å². The van der Waals surface area contributed by atoms with Crippen molar-refractivity contribution in [3.63, 3.8) is 0 Å². The summed E-state index contributed by atoms with van der Waals surface area (Å²) in [6.45, 7) is 4.47. The van der Waals surface area contributed by atoms with Gasteiger partial charge in [0.1, 0.15) is 11.9 Å². The zero-order valence-corrected chi connectivity index (χ0v) is 10.9. The van der Waals surface area contributed by atoms with Gasteiger partial charge in [-0.1, -0.05) is 26.0 Å². The van der Waals surface area contributed by atoms with E-state index in [9.17, 15) is 0 Å². The van der Waals surface area contributed by atoms with Crippen molar-refractivity contribution in [3.8, 4) is 5.75 Å². The minimum absolute atomic E-state index is 0.319. The highest BCUT2D eigenvalue weighted by molar-refractivity contribution is 5.29. The van der Waals surface area contributed by atoms with Gasteiger partial charge in [-0.2, -0.15) is 0 Å². The molecule has 2 nitrogen and oxygen atoms in total. The van der Waals surface area contributed by atoms with Crippen LogP contribution in [0.1, 0.15) is 51.0 Å². The van der Waals surface area contributed by atoms with Crippen molar-refractivity contribution in [3.05, 3.63) is 29.8 Å². The quantitative estimate of drug-likeness (QED) is 0.864. The Balaban J connectivity index is 1.94. The summed E-state index contributed by atoms with van der Waals surface area (Å²) in [7, 11) is 0. The molecule has 0 amide bonds. The number of rotatable bonds is 4. The van der Waals surface area contributed by atoms with E-state index in [1.165, 1.54) is 12.0 Å². The molecule has 2 rings (SSSR count). The average Bonchev–Trinajstić information content (AvgIpc) is 2.75. The van der Waals surface area contributed by atoms with Crippen LogP contribution >= 0.6 is 0 Å². The first-order chi connectivity index (χ1) is 8.19. The Kier molecular flexibility index (Phi) is 4.06. The van der Waals surface area contributed by atoms with E-state index in [1.807, 2.05) is 0 Å². The van der Waals surface area contributed by atoms with E-state index >= 15 is 0 Å². The predicted octanol–water partition coefficient (Wildman–Crippen LogP) is 3.46. The lowest BCUT2D eigenvalue weighted by atomic mass is 9.99. The molecule has 3 atom stereocenters. The van der Waals surface area contributed by atoms with Gasteiger partial charge >= 0.3 is 0 Å². The van der Waals surface area contributed by atoms with E-state index in [0.29, 0.717) is 18.1 Å². The Bertz CT molecular complexity index is 346. The summed E-state index contributed by atoms with van der Waals surface area (Å²) >= 11 is 0. The van der Waals surface area contributed by atoms with Gasteiger partial charge in [0.05, 0.1) is 0 Å². The van der Waals surface area contributed by atoms with Crippen LogP contribution in [0.2, 0.25) is 0 Å². The molecule has 17 heavy (non-hydrogen) atoms. The molecule has 1 aromatic rings. The predicted molar refractivity (Wildman–Crippen MR) is 71.4 cm³/mol. The zero-order chi connectivity index (χ0) is 12.3. The molecule has 1 fully saturated rings. The lowest BCUT2D eigenvalue weighted by Gasteiger charge is -2.15. The van der Waals surface area contributed by atoms with E-state index in [-0.39, 0.29) is 0 Å². The highest BCUT2D eigenvalue weighted by Gasteiger charge is 2.23. The van der Waals surface area contributed by atoms with E-state index in [1.54, 1.807) is 0 Å². The van der Waals surface area contributed by atoms with E-state index in [0.717, 1.165) is 25.0 Å². The molecule has 2 heteroatoms. The number of nitrogens with two attached hydrogens (primary N) is 1. The first-order valence-electron chi connectivity index (χ1n) is 6.71. The van der Waals surface area contributed by atoms with Crippen LogP contribution in [0.4, 0.5) is 0 Å². The third-order valence-electron chi connectivity index (χ3n) is 3.79. The second-order valence-corrected chi connectivity index (χ2v) is 5.19. The van der Waals surface area contributed by atoms with Crippen LogP contribution in [0.3, 0.4) is 0 Å². The van der Waals surface area contributed by atoms with Crippen molar-refractivity contribution < 1.29 is 4.74 Å². The number of ether oxygens (including phenoxy) is 1. The van der Waals surface area contributed by atoms with Gasteiger partial charge in [0.15, 0.2) is 0 Å². The lowest BCUT2D eigenvalue weighted by Crippen LogP contribution is -2.19. The summed E-state index contributed by atoms with van der Waals surface area (Å²) in [5, 5.41) is 0. The summed E-state index contributed by atoms with van der Waals surface area (Å²) in [6, 6.07) is 8.87. The van der Waals surface area contributed by atoms with Crippen LogP contribution in [-0.2, 0) is 0 Å². The van der Waals surface area contributed by atoms with Crippen molar-refractivity contribution in [2.75, 3.05) is 0 Å². The molecule has 0 spiro atoms. The molecule has 1 saturated carbocycles. The van der Waals surface area contributed by atoms with Crippen LogP contribution in [0.15, 0.2) is 24.3 Å². The maximum Gasteiger partial charge on any atom is 0.119 e. The molecule has 94 valence electrons. The normalized spacial score (nSPS) is 25.8. The molecule has 2 N–H and O–H groups in total. The SMILES string of the molecule is CCC(C)c1ccc(OC2CCC(N)C2)cc1. The Morgan fingerprint density at radius 2 is 2.00 bits per heavy atom. The molecular weight excluding hydrogens is 210 g/mol. The molecule has 0 aliphatic heterocycles. The monoisotopic (exact) mass is 233 g/mol. The van der Waals surface area contributed by atoms with Gasteiger partial charge in [-0.05, 0) is 49.3 Å². The second kappa shape index (κ2) is 5.54. The molecule has 1 aromatic carbocycles. The topological polar surface area (TPSA) is 35.2 Å². The van der Waals surface area contributed by atoms with Gasteiger partial charge in [0, 0.05) is 6.04 Å². The maximum atomic E-state index is 5.93. The van der Waals surface area contributed by atoms with Gasteiger partial charge in [0.25, 0.3) is 0 Å². The Hall–Kier alpha value is -1.02. The van der Waals surface area contributed by atoms with Crippen molar-refractivity contribution >= 4 is 0 Å². The Labute approximate surface area is 104 Å².